The largest absolute Gasteiger partial charge is 0.483 e. The van der Waals surface area contributed by atoms with Gasteiger partial charge in [-0.25, -0.2) is 0 Å². The second kappa shape index (κ2) is 4.74. The lowest BCUT2D eigenvalue weighted by Gasteiger charge is -2.25. The van der Waals surface area contributed by atoms with Crippen LogP contribution in [0.25, 0.3) is 0 Å². The van der Waals surface area contributed by atoms with Crippen LogP contribution in [-0.2, 0) is 14.4 Å². The van der Waals surface area contributed by atoms with Crippen LogP contribution < -0.4 is 20.5 Å². The highest BCUT2D eigenvalue weighted by molar-refractivity contribution is 6.11. The minimum atomic E-state index is -1.37. The Labute approximate surface area is 102 Å². The molecule has 2 amide bonds. The first kappa shape index (κ1) is 11.9. The standard InChI is InChI=1S/C11H9N2O5/c12-10(15)9-11(16)13-8-6(17-5-4-14)2-1-3-7(8)18-9/h1-3,9H,5H2,(H2,12,15)(H,13,16). The van der Waals surface area contributed by atoms with E-state index in [1.807, 2.05) is 0 Å². The Hall–Kier alpha value is -2.57. The molecule has 7 heteroatoms. The Kier molecular flexibility index (Phi) is 3.13. The maximum Gasteiger partial charge on any atom is 0.275 e. The van der Waals surface area contributed by atoms with Crippen molar-refractivity contribution < 1.29 is 23.9 Å². The molecule has 0 saturated carbocycles. The fourth-order valence-electron chi connectivity index (χ4n) is 1.52. The molecule has 1 aliphatic rings. The van der Waals surface area contributed by atoms with Gasteiger partial charge in [0, 0.05) is 0 Å². The Morgan fingerprint density at radius 1 is 1.56 bits per heavy atom. The molecule has 1 aliphatic heterocycles. The van der Waals surface area contributed by atoms with E-state index >= 15 is 0 Å². The fraction of sp³-hybridized carbons (Fsp3) is 0.182. The van der Waals surface area contributed by atoms with E-state index in [0.717, 1.165) is 0 Å². The van der Waals surface area contributed by atoms with Crippen molar-refractivity contribution in [3.8, 4) is 11.5 Å². The van der Waals surface area contributed by atoms with Crippen molar-refractivity contribution in [2.24, 2.45) is 5.73 Å². The summed E-state index contributed by atoms with van der Waals surface area (Å²) in [6.07, 6.45) is 0.191. The van der Waals surface area contributed by atoms with Crippen molar-refractivity contribution in [1.29, 1.82) is 0 Å². The Bertz CT molecular complexity index is 514. The van der Waals surface area contributed by atoms with Crippen LogP contribution in [0.2, 0.25) is 0 Å². The van der Waals surface area contributed by atoms with Crippen molar-refractivity contribution in [3.63, 3.8) is 0 Å². The number of hydrogen-bond acceptors (Lipinski definition) is 5. The van der Waals surface area contributed by atoms with Gasteiger partial charge in [-0.15, -0.1) is 0 Å². The number of fused-ring (bicyclic) bond motifs is 1. The van der Waals surface area contributed by atoms with Gasteiger partial charge in [0.15, 0.2) is 6.61 Å². The molecular formula is C11H9N2O5. The number of amides is 2. The number of para-hydroxylation sites is 1. The van der Waals surface area contributed by atoms with E-state index in [4.69, 9.17) is 15.2 Å². The molecule has 1 unspecified atom stereocenters. The van der Waals surface area contributed by atoms with Gasteiger partial charge in [-0.3, -0.25) is 14.4 Å². The molecule has 1 aromatic carbocycles. The molecule has 1 aromatic rings. The van der Waals surface area contributed by atoms with E-state index in [0.29, 0.717) is 0 Å². The number of anilines is 1. The predicted octanol–water partition coefficient (Wildman–Crippen LogP) is -0.640. The van der Waals surface area contributed by atoms with Crippen molar-refractivity contribution >= 4 is 23.8 Å². The number of nitrogens with two attached hydrogens (primary N) is 1. The molecular weight excluding hydrogens is 240 g/mol. The normalized spacial score (nSPS) is 17.1. The van der Waals surface area contributed by atoms with Gasteiger partial charge < -0.3 is 20.5 Å². The molecule has 2 rings (SSSR count). The smallest absolute Gasteiger partial charge is 0.275 e. The molecule has 0 bridgehead atoms. The zero-order chi connectivity index (χ0) is 13.1. The van der Waals surface area contributed by atoms with E-state index in [-0.39, 0.29) is 23.8 Å². The highest BCUT2D eigenvalue weighted by Crippen LogP contribution is 2.37. The van der Waals surface area contributed by atoms with E-state index in [9.17, 15) is 14.4 Å². The SMILES string of the molecule is NC(=O)C1Oc2cccc(OC[C]=O)c2NC1=O. The van der Waals surface area contributed by atoms with Gasteiger partial charge in [0.2, 0.25) is 6.29 Å². The molecule has 93 valence electrons. The summed E-state index contributed by atoms with van der Waals surface area (Å²) < 4.78 is 10.2. The van der Waals surface area contributed by atoms with Crippen LogP contribution in [-0.4, -0.2) is 30.8 Å². The van der Waals surface area contributed by atoms with Gasteiger partial charge in [0.05, 0.1) is 0 Å². The van der Waals surface area contributed by atoms with Crippen molar-refractivity contribution in [3.05, 3.63) is 18.2 Å². The number of rotatable bonds is 4. The maximum atomic E-state index is 11.6. The summed E-state index contributed by atoms with van der Waals surface area (Å²) >= 11 is 0. The van der Waals surface area contributed by atoms with Crippen LogP contribution in [0.15, 0.2) is 18.2 Å². The van der Waals surface area contributed by atoms with Gasteiger partial charge in [-0.2, -0.15) is 0 Å². The Balaban J connectivity index is 2.32. The van der Waals surface area contributed by atoms with Crippen LogP contribution in [0, 0.1) is 0 Å². The molecule has 0 saturated heterocycles. The zero-order valence-electron chi connectivity index (χ0n) is 9.14. The van der Waals surface area contributed by atoms with Crippen molar-refractivity contribution in [2.75, 3.05) is 11.9 Å². The molecule has 1 atom stereocenters. The zero-order valence-corrected chi connectivity index (χ0v) is 9.14. The average Bonchev–Trinajstić information content (AvgIpc) is 2.35. The summed E-state index contributed by atoms with van der Waals surface area (Å²) in [6.45, 7) is -0.272. The topological polar surface area (TPSA) is 108 Å². The number of carbonyl (C=O) groups excluding carboxylic acids is 3. The molecule has 0 aliphatic carbocycles. The van der Waals surface area contributed by atoms with E-state index < -0.39 is 17.9 Å². The molecule has 18 heavy (non-hydrogen) atoms. The number of carbonyl (C=O) groups is 2. The van der Waals surface area contributed by atoms with E-state index in [1.165, 1.54) is 0 Å². The number of benzene rings is 1. The number of hydrogen-bond donors (Lipinski definition) is 2. The minimum Gasteiger partial charge on any atom is -0.483 e. The van der Waals surface area contributed by atoms with Gasteiger partial charge >= 0.3 is 0 Å². The number of primary amides is 1. The highest BCUT2D eigenvalue weighted by atomic mass is 16.5. The highest BCUT2D eigenvalue weighted by Gasteiger charge is 2.33. The summed E-state index contributed by atoms with van der Waals surface area (Å²) in [5.41, 5.74) is 5.29. The third-order valence-corrected chi connectivity index (χ3v) is 2.26. The van der Waals surface area contributed by atoms with Crippen molar-refractivity contribution in [1.82, 2.24) is 0 Å². The second-order valence-corrected chi connectivity index (χ2v) is 3.45. The predicted molar refractivity (Wildman–Crippen MR) is 59.9 cm³/mol. The van der Waals surface area contributed by atoms with Crippen LogP contribution in [0.5, 0.6) is 11.5 Å². The van der Waals surface area contributed by atoms with E-state index in [1.54, 1.807) is 24.5 Å². The quantitative estimate of drug-likeness (QED) is 0.690. The molecule has 0 aromatic heterocycles. The number of nitrogens with one attached hydrogen (secondary N) is 1. The van der Waals surface area contributed by atoms with Crippen LogP contribution in [0.3, 0.4) is 0 Å². The number of ether oxygens (including phenoxy) is 2. The average molecular weight is 249 g/mol. The third-order valence-electron chi connectivity index (χ3n) is 2.26. The van der Waals surface area contributed by atoms with Crippen LogP contribution >= 0.6 is 0 Å². The summed E-state index contributed by atoms with van der Waals surface area (Å²) in [5, 5.41) is 2.45. The van der Waals surface area contributed by atoms with Gasteiger partial charge in [0.1, 0.15) is 17.2 Å². The molecule has 0 fully saturated rings. The Morgan fingerprint density at radius 2 is 2.33 bits per heavy atom. The van der Waals surface area contributed by atoms with E-state index in [2.05, 4.69) is 5.32 Å². The minimum absolute atomic E-state index is 0.252. The molecule has 1 radical (unpaired) electrons. The van der Waals surface area contributed by atoms with Crippen LogP contribution in [0.1, 0.15) is 0 Å². The van der Waals surface area contributed by atoms with Crippen molar-refractivity contribution in [2.45, 2.75) is 6.10 Å². The lowest BCUT2D eigenvalue weighted by molar-refractivity contribution is -0.135. The lowest BCUT2D eigenvalue weighted by atomic mass is 10.2. The summed E-state index contributed by atoms with van der Waals surface area (Å²) in [5.74, 6) is -1.05. The first-order chi connectivity index (χ1) is 8.63. The molecule has 1 heterocycles. The van der Waals surface area contributed by atoms with Gasteiger partial charge in [-0.05, 0) is 12.1 Å². The Morgan fingerprint density at radius 3 is 3.00 bits per heavy atom. The monoisotopic (exact) mass is 249 g/mol. The first-order valence-corrected chi connectivity index (χ1v) is 5.01. The third kappa shape index (κ3) is 2.10. The maximum absolute atomic E-state index is 11.6. The summed E-state index contributed by atoms with van der Waals surface area (Å²) in [7, 11) is 0. The van der Waals surface area contributed by atoms with Gasteiger partial charge in [0.25, 0.3) is 17.9 Å². The lowest BCUT2D eigenvalue weighted by Crippen LogP contribution is -2.46. The summed E-state index contributed by atoms with van der Waals surface area (Å²) in [6, 6.07) is 4.68. The fourth-order valence-corrected chi connectivity index (χ4v) is 1.52. The first-order valence-electron chi connectivity index (χ1n) is 5.01. The molecule has 3 N–H and O–H groups in total. The van der Waals surface area contributed by atoms with Gasteiger partial charge in [-0.1, -0.05) is 6.07 Å². The summed E-state index contributed by atoms with van der Waals surface area (Å²) in [4.78, 5) is 32.7. The molecule has 0 spiro atoms. The molecule has 7 nitrogen and oxygen atoms in total. The van der Waals surface area contributed by atoms with Crippen LogP contribution in [0.4, 0.5) is 5.69 Å². The second-order valence-electron chi connectivity index (χ2n) is 3.45.